The van der Waals surface area contributed by atoms with E-state index >= 15 is 0 Å². The Morgan fingerprint density at radius 1 is 1.00 bits per heavy atom. The van der Waals surface area contributed by atoms with Crippen LogP contribution in [0.15, 0.2) is 47.6 Å². The Morgan fingerprint density at radius 2 is 1.66 bits per heavy atom. The summed E-state index contributed by atoms with van der Waals surface area (Å²) in [6.45, 7) is 3.32. The summed E-state index contributed by atoms with van der Waals surface area (Å²) in [7, 11) is 0. The van der Waals surface area contributed by atoms with Crippen molar-refractivity contribution in [1.82, 2.24) is 5.43 Å². The standard InChI is InChI=1S/C21H23N3O5/c1-3-14-9-7-10-15(4-2)19(14)23-20(27)21(28)24-22-12-16-8-5-6-11-17(16)29-13-18(25)26/h5-12H,3-4,13H2,1-2H3,(H,23,27)(H,24,28)(H,25,26)/p-1/b22-12-. The zero-order chi connectivity index (χ0) is 21.2. The van der Waals surface area contributed by atoms with Crippen LogP contribution in [0.4, 0.5) is 5.69 Å². The quantitative estimate of drug-likeness (QED) is 0.392. The molecule has 29 heavy (non-hydrogen) atoms. The van der Waals surface area contributed by atoms with Crippen molar-refractivity contribution in [3.8, 4) is 5.75 Å². The van der Waals surface area contributed by atoms with Crippen LogP contribution in [-0.2, 0) is 27.2 Å². The highest BCUT2D eigenvalue weighted by Gasteiger charge is 2.16. The molecule has 152 valence electrons. The number of carbonyl (C=O) groups excluding carboxylic acids is 3. The molecule has 2 aromatic rings. The monoisotopic (exact) mass is 396 g/mol. The van der Waals surface area contributed by atoms with Crippen molar-refractivity contribution < 1.29 is 24.2 Å². The van der Waals surface area contributed by atoms with Gasteiger partial charge in [0, 0.05) is 11.3 Å². The third-order valence-electron chi connectivity index (χ3n) is 4.08. The minimum atomic E-state index is -1.36. The Balaban J connectivity index is 2.03. The average Bonchev–Trinajstić information content (AvgIpc) is 2.72. The van der Waals surface area contributed by atoms with Crippen molar-refractivity contribution in [3.05, 3.63) is 59.2 Å². The predicted molar refractivity (Wildman–Crippen MR) is 107 cm³/mol. The average molecular weight is 396 g/mol. The van der Waals surface area contributed by atoms with E-state index in [1.54, 1.807) is 24.3 Å². The smallest absolute Gasteiger partial charge is 0.329 e. The van der Waals surface area contributed by atoms with E-state index in [9.17, 15) is 19.5 Å². The van der Waals surface area contributed by atoms with E-state index in [2.05, 4.69) is 15.8 Å². The summed E-state index contributed by atoms with van der Waals surface area (Å²) in [5, 5.41) is 16.9. The zero-order valence-electron chi connectivity index (χ0n) is 16.2. The fourth-order valence-corrected chi connectivity index (χ4v) is 2.64. The largest absolute Gasteiger partial charge is 0.546 e. The number of anilines is 1. The Labute approximate surface area is 168 Å². The van der Waals surface area contributed by atoms with Crippen LogP contribution in [0.25, 0.3) is 0 Å². The number of carbonyl (C=O) groups is 3. The maximum atomic E-state index is 12.2. The van der Waals surface area contributed by atoms with E-state index in [0.29, 0.717) is 24.1 Å². The number of nitrogens with one attached hydrogen (secondary N) is 2. The number of benzene rings is 2. The number of hydrogen-bond donors (Lipinski definition) is 2. The van der Waals surface area contributed by atoms with Gasteiger partial charge in [-0.15, -0.1) is 0 Å². The van der Waals surface area contributed by atoms with Gasteiger partial charge in [-0.05, 0) is 36.1 Å². The van der Waals surface area contributed by atoms with Gasteiger partial charge in [0.1, 0.15) is 12.4 Å². The number of nitrogens with zero attached hydrogens (tertiary/aromatic N) is 1. The molecule has 2 N–H and O–H groups in total. The van der Waals surface area contributed by atoms with Gasteiger partial charge in [0.25, 0.3) is 0 Å². The molecule has 0 aliphatic carbocycles. The lowest BCUT2D eigenvalue weighted by atomic mass is 10.0. The van der Waals surface area contributed by atoms with Gasteiger partial charge in [-0.2, -0.15) is 5.10 Å². The molecule has 0 aliphatic heterocycles. The Morgan fingerprint density at radius 3 is 2.28 bits per heavy atom. The van der Waals surface area contributed by atoms with E-state index in [1.807, 2.05) is 32.0 Å². The first-order valence-corrected chi connectivity index (χ1v) is 9.13. The zero-order valence-corrected chi connectivity index (χ0v) is 16.2. The van der Waals surface area contributed by atoms with Crippen LogP contribution < -0.4 is 20.6 Å². The third kappa shape index (κ3) is 6.17. The van der Waals surface area contributed by atoms with Crippen molar-refractivity contribution in [3.63, 3.8) is 0 Å². The number of amides is 2. The van der Waals surface area contributed by atoms with Crippen LogP contribution in [0.1, 0.15) is 30.5 Å². The Kier molecular flexibility index (Phi) is 7.90. The van der Waals surface area contributed by atoms with Crippen molar-refractivity contribution in [2.24, 2.45) is 5.10 Å². The molecule has 0 heterocycles. The molecule has 0 atom stereocenters. The summed E-state index contributed by atoms with van der Waals surface area (Å²) in [5.41, 5.74) is 5.10. The summed E-state index contributed by atoms with van der Waals surface area (Å²) in [6, 6.07) is 12.2. The number of hydrazone groups is 1. The molecule has 0 radical (unpaired) electrons. The fourth-order valence-electron chi connectivity index (χ4n) is 2.64. The van der Waals surface area contributed by atoms with Crippen LogP contribution >= 0.6 is 0 Å². The van der Waals surface area contributed by atoms with E-state index in [4.69, 9.17) is 4.74 Å². The highest BCUT2D eigenvalue weighted by atomic mass is 16.5. The van der Waals surface area contributed by atoms with Crippen LogP contribution in [0.2, 0.25) is 0 Å². The number of carboxylic acid groups (broad SMARTS) is 1. The second kappa shape index (κ2) is 10.6. The molecule has 8 heteroatoms. The molecule has 8 nitrogen and oxygen atoms in total. The lowest BCUT2D eigenvalue weighted by Crippen LogP contribution is -2.33. The molecule has 0 aromatic heterocycles. The molecule has 0 saturated carbocycles. The number of aliphatic carboxylic acids is 1. The van der Waals surface area contributed by atoms with Gasteiger partial charge < -0.3 is 20.0 Å². The third-order valence-corrected chi connectivity index (χ3v) is 4.08. The van der Waals surface area contributed by atoms with E-state index < -0.39 is 24.4 Å². The van der Waals surface area contributed by atoms with Gasteiger partial charge in [0.15, 0.2) is 0 Å². The Hall–Kier alpha value is -3.68. The van der Waals surface area contributed by atoms with Gasteiger partial charge in [-0.3, -0.25) is 9.59 Å². The summed E-state index contributed by atoms with van der Waals surface area (Å²) in [6.07, 6.45) is 2.69. The SMILES string of the molecule is CCc1cccc(CC)c1NC(=O)C(=O)N/N=C\c1ccccc1OCC(=O)[O-]. The minimum Gasteiger partial charge on any atom is -0.546 e. The van der Waals surface area contributed by atoms with Gasteiger partial charge in [0.2, 0.25) is 0 Å². The predicted octanol–water partition coefficient (Wildman–Crippen LogP) is 1.03. The minimum absolute atomic E-state index is 0.253. The van der Waals surface area contributed by atoms with Gasteiger partial charge in [-0.25, -0.2) is 5.43 Å². The summed E-state index contributed by atoms with van der Waals surface area (Å²) in [5.74, 6) is -2.87. The number of rotatable bonds is 8. The summed E-state index contributed by atoms with van der Waals surface area (Å²) in [4.78, 5) is 34.9. The summed E-state index contributed by atoms with van der Waals surface area (Å²) < 4.78 is 5.09. The van der Waals surface area contributed by atoms with Gasteiger partial charge in [-0.1, -0.05) is 44.2 Å². The highest BCUT2D eigenvalue weighted by molar-refractivity contribution is 6.39. The summed E-state index contributed by atoms with van der Waals surface area (Å²) >= 11 is 0. The maximum Gasteiger partial charge on any atom is 0.329 e. The first kappa shape index (κ1) is 21.6. The number of para-hydroxylation sites is 2. The molecule has 0 aliphatic rings. The van der Waals surface area contributed by atoms with Crippen molar-refractivity contribution in [1.29, 1.82) is 0 Å². The molecule has 2 aromatic carbocycles. The molecule has 0 unspecified atom stereocenters. The van der Waals surface area contributed by atoms with E-state index in [1.165, 1.54) is 6.21 Å². The molecular weight excluding hydrogens is 374 g/mol. The first-order chi connectivity index (χ1) is 14.0. The van der Waals surface area contributed by atoms with Gasteiger partial charge >= 0.3 is 11.8 Å². The first-order valence-electron chi connectivity index (χ1n) is 9.13. The number of carboxylic acids is 1. The molecule has 0 saturated heterocycles. The van der Waals surface area contributed by atoms with Crippen molar-refractivity contribution in [2.75, 3.05) is 11.9 Å². The van der Waals surface area contributed by atoms with Crippen molar-refractivity contribution >= 4 is 29.7 Å². The number of hydrogen-bond acceptors (Lipinski definition) is 6. The number of aryl methyl sites for hydroxylation is 2. The number of ether oxygens (including phenoxy) is 1. The van der Waals surface area contributed by atoms with Gasteiger partial charge in [0.05, 0.1) is 12.2 Å². The fraction of sp³-hybridized carbons (Fsp3) is 0.238. The van der Waals surface area contributed by atoms with Crippen LogP contribution in [0, 0.1) is 0 Å². The molecule has 0 fully saturated rings. The Bertz CT molecular complexity index is 902. The van der Waals surface area contributed by atoms with Crippen LogP contribution in [0.3, 0.4) is 0 Å². The molecular formula is C21H22N3O5-. The lowest BCUT2D eigenvalue weighted by molar-refractivity contribution is -0.307. The van der Waals surface area contributed by atoms with E-state index in [0.717, 1.165) is 11.1 Å². The van der Waals surface area contributed by atoms with E-state index in [-0.39, 0.29) is 5.75 Å². The second-order valence-electron chi connectivity index (χ2n) is 6.01. The lowest BCUT2D eigenvalue weighted by Gasteiger charge is -2.13. The molecule has 2 amide bonds. The highest BCUT2D eigenvalue weighted by Crippen LogP contribution is 2.22. The molecule has 0 spiro atoms. The van der Waals surface area contributed by atoms with Crippen LogP contribution in [-0.4, -0.2) is 30.6 Å². The normalized spacial score (nSPS) is 10.6. The second-order valence-corrected chi connectivity index (χ2v) is 6.01. The maximum absolute atomic E-state index is 12.2. The van der Waals surface area contributed by atoms with Crippen molar-refractivity contribution in [2.45, 2.75) is 26.7 Å². The molecule has 0 bridgehead atoms. The van der Waals surface area contributed by atoms with Crippen LogP contribution in [0.5, 0.6) is 5.75 Å². The molecule has 2 rings (SSSR count). The topological polar surface area (TPSA) is 120 Å².